The second-order valence-corrected chi connectivity index (χ2v) is 13.8. The van der Waals surface area contributed by atoms with Crippen molar-refractivity contribution in [2.45, 2.75) is 82.3 Å². The van der Waals surface area contributed by atoms with E-state index in [4.69, 9.17) is 11.2 Å². The average molecular weight is 566 g/mol. The Bertz CT molecular complexity index is 1470. The number of terminal acetylenes is 1. The van der Waals surface area contributed by atoms with E-state index in [1.807, 2.05) is 6.07 Å². The first-order valence-corrected chi connectivity index (χ1v) is 16.1. The molecule has 1 amide bonds. The summed E-state index contributed by atoms with van der Waals surface area (Å²) < 4.78 is 5.61. The van der Waals surface area contributed by atoms with Crippen molar-refractivity contribution < 1.29 is 9.53 Å². The summed E-state index contributed by atoms with van der Waals surface area (Å²) in [6.45, 7) is 2.21. The molecule has 0 radical (unpaired) electrons. The molecule has 0 saturated heterocycles. The lowest BCUT2D eigenvalue weighted by Crippen LogP contribution is -2.47. The fraction of sp³-hybridized carbons (Fsp3) is 0.486. The van der Waals surface area contributed by atoms with Gasteiger partial charge in [-0.05, 0) is 110 Å². The number of carbonyl (C=O) groups excluding carboxylic acids is 1. The van der Waals surface area contributed by atoms with Gasteiger partial charge in [0.25, 0.3) is 5.91 Å². The van der Waals surface area contributed by atoms with Crippen LogP contribution in [0.2, 0.25) is 0 Å². The zero-order valence-electron chi connectivity index (χ0n) is 24.1. The minimum absolute atomic E-state index is 0.0108. The third kappa shape index (κ3) is 4.63. The van der Waals surface area contributed by atoms with E-state index in [0.717, 1.165) is 54.7 Å². The molecule has 3 aromatic rings. The molecule has 1 aliphatic heterocycles. The first-order chi connectivity index (χ1) is 20.0. The zero-order valence-corrected chi connectivity index (χ0v) is 24.9. The molecule has 2 aromatic carbocycles. The Morgan fingerprint density at radius 1 is 1.17 bits per heavy atom. The summed E-state index contributed by atoms with van der Waals surface area (Å²) >= 11 is 1.31. The van der Waals surface area contributed by atoms with Gasteiger partial charge in [-0.2, -0.15) is 0 Å². The van der Waals surface area contributed by atoms with E-state index < -0.39 is 0 Å². The molecule has 4 fully saturated rings. The molecule has 4 atom stereocenters. The van der Waals surface area contributed by atoms with Crippen molar-refractivity contribution in [2.24, 2.45) is 17.8 Å². The fourth-order valence-electron chi connectivity index (χ4n) is 8.77. The van der Waals surface area contributed by atoms with Crippen LogP contribution < -0.4 is 10.1 Å². The van der Waals surface area contributed by atoms with E-state index in [-0.39, 0.29) is 23.5 Å². The van der Waals surface area contributed by atoms with Gasteiger partial charge in [0, 0.05) is 17.3 Å². The second-order valence-electron chi connectivity index (χ2n) is 12.8. The molecule has 5 aliphatic rings. The van der Waals surface area contributed by atoms with E-state index in [0.29, 0.717) is 9.88 Å². The van der Waals surface area contributed by atoms with Crippen LogP contribution in [0.3, 0.4) is 0 Å². The maximum atomic E-state index is 14.3. The fourth-order valence-corrected chi connectivity index (χ4v) is 9.44. The van der Waals surface area contributed by atoms with Gasteiger partial charge < -0.3 is 15.0 Å². The standard InChI is InChI=1S/C35H39N3O2S/c1-4-6-7-28-17-25-18-29(40-3)12-13-30(25)33(38(28)34(39)31-21-36-32(5-2)41-31)24-8-10-27(11-9-24)37-35-19-22-14-23(20-35)16-26(35)15-22/h2,8-13,18,21-23,26,28,33,37H,4,6-7,14-17,19-20H2,1,3H3/t22?,23?,26?,28-,33-,35?/m0/s1. The Kier molecular flexibility index (Phi) is 6.82. The molecule has 4 aliphatic carbocycles. The van der Waals surface area contributed by atoms with Crippen LogP contribution in [0.5, 0.6) is 5.75 Å². The van der Waals surface area contributed by atoms with Gasteiger partial charge in [-0.1, -0.05) is 38.0 Å². The zero-order chi connectivity index (χ0) is 28.1. The Morgan fingerprint density at radius 2 is 1.95 bits per heavy atom. The first kappa shape index (κ1) is 26.6. The Morgan fingerprint density at radius 3 is 2.63 bits per heavy atom. The number of ether oxygens (including phenoxy) is 1. The summed E-state index contributed by atoms with van der Waals surface area (Å²) in [7, 11) is 1.72. The maximum absolute atomic E-state index is 14.3. The lowest BCUT2D eigenvalue weighted by atomic mass is 9.80. The molecule has 4 bridgehead atoms. The number of anilines is 1. The maximum Gasteiger partial charge on any atom is 0.266 e. The molecule has 4 saturated carbocycles. The third-order valence-corrected chi connectivity index (χ3v) is 11.3. The minimum atomic E-state index is -0.194. The van der Waals surface area contributed by atoms with Crippen molar-refractivity contribution in [2.75, 3.05) is 12.4 Å². The first-order valence-electron chi connectivity index (χ1n) is 15.3. The van der Waals surface area contributed by atoms with Gasteiger partial charge in [-0.25, -0.2) is 4.98 Å². The number of nitrogens with one attached hydrogen (secondary N) is 1. The van der Waals surface area contributed by atoms with Crippen LogP contribution in [0.4, 0.5) is 5.69 Å². The average Bonchev–Trinajstić information content (AvgIpc) is 3.63. The highest BCUT2D eigenvalue weighted by molar-refractivity contribution is 7.14. The van der Waals surface area contributed by atoms with Crippen molar-refractivity contribution in [3.05, 3.63) is 75.2 Å². The van der Waals surface area contributed by atoms with Gasteiger partial charge in [0.2, 0.25) is 0 Å². The third-order valence-electron chi connectivity index (χ3n) is 10.3. The molecule has 5 nitrogen and oxygen atoms in total. The molecular formula is C35H39N3O2S. The molecule has 2 heterocycles. The van der Waals surface area contributed by atoms with Gasteiger partial charge in [0.1, 0.15) is 10.6 Å². The van der Waals surface area contributed by atoms with Crippen LogP contribution >= 0.6 is 11.3 Å². The predicted molar refractivity (Wildman–Crippen MR) is 164 cm³/mol. The summed E-state index contributed by atoms with van der Waals surface area (Å²) in [6, 6.07) is 15.2. The monoisotopic (exact) mass is 565 g/mol. The molecule has 1 N–H and O–H groups in total. The number of thiazole rings is 1. The highest BCUT2D eigenvalue weighted by Gasteiger charge is 2.57. The Labute approximate surface area is 247 Å². The van der Waals surface area contributed by atoms with Crippen molar-refractivity contribution in [1.82, 2.24) is 9.88 Å². The molecule has 212 valence electrons. The Balaban J connectivity index is 1.26. The Hall–Kier alpha value is -3.30. The number of rotatable bonds is 8. The van der Waals surface area contributed by atoms with Crippen LogP contribution in [-0.4, -0.2) is 34.5 Å². The van der Waals surface area contributed by atoms with E-state index in [1.54, 1.807) is 13.3 Å². The molecule has 8 rings (SSSR count). The number of carbonyl (C=O) groups is 1. The topological polar surface area (TPSA) is 54.5 Å². The van der Waals surface area contributed by atoms with Crippen LogP contribution in [-0.2, 0) is 6.42 Å². The van der Waals surface area contributed by atoms with Gasteiger partial charge >= 0.3 is 0 Å². The van der Waals surface area contributed by atoms with Crippen LogP contribution in [0.25, 0.3) is 0 Å². The summed E-state index contributed by atoms with van der Waals surface area (Å²) in [6.07, 6.45) is 18.1. The van der Waals surface area contributed by atoms with Gasteiger partial charge in [-0.15, -0.1) is 17.8 Å². The number of methoxy groups -OCH3 is 1. The number of unbranched alkanes of at least 4 members (excludes halogenated alkanes) is 1. The highest BCUT2D eigenvalue weighted by Crippen LogP contribution is 2.61. The van der Waals surface area contributed by atoms with Crippen LogP contribution in [0.15, 0.2) is 48.7 Å². The largest absolute Gasteiger partial charge is 0.497 e. The van der Waals surface area contributed by atoms with E-state index in [1.165, 1.54) is 60.3 Å². The van der Waals surface area contributed by atoms with Crippen molar-refractivity contribution in [3.8, 4) is 18.1 Å². The number of hydrogen-bond acceptors (Lipinski definition) is 5. The number of benzene rings is 2. The molecule has 0 spiro atoms. The van der Waals surface area contributed by atoms with Gasteiger partial charge in [0.15, 0.2) is 5.01 Å². The van der Waals surface area contributed by atoms with Crippen molar-refractivity contribution in [1.29, 1.82) is 0 Å². The summed E-state index contributed by atoms with van der Waals surface area (Å²) in [5, 5.41) is 4.57. The van der Waals surface area contributed by atoms with E-state index in [2.05, 4.69) is 64.4 Å². The van der Waals surface area contributed by atoms with E-state index in [9.17, 15) is 4.79 Å². The molecule has 2 unspecified atom stereocenters. The van der Waals surface area contributed by atoms with Crippen molar-refractivity contribution in [3.63, 3.8) is 0 Å². The lowest BCUT2D eigenvalue weighted by molar-refractivity contribution is 0.0571. The summed E-state index contributed by atoms with van der Waals surface area (Å²) in [5.74, 6) is 6.11. The number of aromatic nitrogens is 1. The SMILES string of the molecule is C#Cc1ncc(C(=O)N2[C@@H](CCCC)Cc3cc(OC)ccc3[C@@H]2c2ccc(NC34CC5CC(CC3C5)C4)cc2)s1. The molecular weight excluding hydrogens is 526 g/mol. The molecule has 41 heavy (non-hydrogen) atoms. The number of amides is 1. The van der Waals surface area contributed by atoms with Gasteiger partial charge in [-0.3, -0.25) is 4.79 Å². The van der Waals surface area contributed by atoms with Crippen molar-refractivity contribution >= 4 is 22.9 Å². The lowest BCUT2D eigenvalue weighted by Gasteiger charge is -2.44. The molecule has 1 aromatic heterocycles. The van der Waals surface area contributed by atoms with Crippen LogP contribution in [0, 0.1) is 30.1 Å². The predicted octanol–water partition coefficient (Wildman–Crippen LogP) is 7.47. The number of fused-ring (bicyclic) bond motifs is 1. The van der Waals surface area contributed by atoms with Crippen LogP contribution in [0.1, 0.15) is 95.7 Å². The molecule has 6 heteroatoms. The number of hydrogen-bond donors (Lipinski definition) is 1. The second kappa shape index (κ2) is 10.5. The number of nitrogens with zero attached hydrogens (tertiary/aromatic N) is 2. The van der Waals surface area contributed by atoms with E-state index >= 15 is 0 Å². The summed E-state index contributed by atoms with van der Waals surface area (Å²) in [5.41, 5.74) is 5.05. The van der Waals surface area contributed by atoms with Gasteiger partial charge in [0.05, 0.1) is 19.3 Å². The highest BCUT2D eigenvalue weighted by atomic mass is 32.1. The summed E-state index contributed by atoms with van der Waals surface area (Å²) in [4.78, 5) is 21.3. The quantitative estimate of drug-likeness (QED) is 0.288. The minimum Gasteiger partial charge on any atom is -0.497 e. The smallest absolute Gasteiger partial charge is 0.266 e. The normalized spacial score (nSPS) is 29.3.